The largest absolute Gasteiger partial charge is 0.338 e. The van der Waals surface area contributed by atoms with Crippen LogP contribution in [0.25, 0.3) is 11.3 Å². The fourth-order valence-corrected chi connectivity index (χ4v) is 3.84. The second-order valence-corrected chi connectivity index (χ2v) is 8.74. The molecule has 34 heavy (non-hydrogen) atoms. The minimum atomic E-state index is -0.0961. The Hall–Kier alpha value is -3.94. The maximum absolute atomic E-state index is 12.9. The van der Waals surface area contributed by atoms with E-state index in [2.05, 4.69) is 39.7 Å². The summed E-state index contributed by atoms with van der Waals surface area (Å²) in [6.07, 6.45) is 3.23. The van der Waals surface area contributed by atoms with Crippen molar-refractivity contribution < 1.29 is 9.59 Å². The van der Waals surface area contributed by atoms with Crippen molar-refractivity contribution >= 4 is 23.6 Å². The Balaban J connectivity index is 1.35. The average Bonchev–Trinajstić information content (AvgIpc) is 2.85. The van der Waals surface area contributed by atoms with E-state index in [0.29, 0.717) is 24.6 Å². The van der Waals surface area contributed by atoms with Gasteiger partial charge >= 0.3 is 6.03 Å². The van der Waals surface area contributed by atoms with Crippen LogP contribution in [0.3, 0.4) is 0 Å². The highest BCUT2D eigenvalue weighted by molar-refractivity contribution is 5.94. The van der Waals surface area contributed by atoms with E-state index in [1.54, 1.807) is 20.3 Å². The average molecular weight is 459 g/mol. The number of aromatic nitrogens is 2. The molecule has 0 atom stereocenters. The predicted molar refractivity (Wildman–Crippen MR) is 133 cm³/mol. The lowest BCUT2D eigenvalue weighted by molar-refractivity contribution is 0.0707. The number of amides is 3. The predicted octanol–water partition coefficient (Wildman–Crippen LogP) is 4.07. The van der Waals surface area contributed by atoms with Gasteiger partial charge in [0.25, 0.3) is 5.91 Å². The van der Waals surface area contributed by atoms with Crippen molar-refractivity contribution in [3.63, 3.8) is 0 Å². The number of urea groups is 1. The van der Waals surface area contributed by atoms with E-state index < -0.39 is 0 Å². The highest BCUT2D eigenvalue weighted by Crippen LogP contribution is 2.21. The van der Waals surface area contributed by atoms with Crippen LogP contribution in [0, 0.1) is 6.92 Å². The Kier molecular flexibility index (Phi) is 7.06. The fourth-order valence-electron chi connectivity index (χ4n) is 3.84. The van der Waals surface area contributed by atoms with E-state index in [1.807, 2.05) is 47.4 Å². The molecular formula is C26H30N6O2. The lowest BCUT2D eigenvalue weighted by Crippen LogP contribution is -2.48. The molecule has 0 unspecified atom stereocenters. The second-order valence-electron chi connectivity index (χ2n) is 8.74. The number of hydrogen-bond acceptors (Lipinski definition) is 5. The molecule has 0 bridgehead atoms. The van der Waals surface area contributed by atoms with Gasteiger partial charge in [-0.25, -0.2) is 14.8 Å². The van der Waals surface area contributed by atoms with Crippen LogP contribution in [-0.2, 0) is 0 Å². The van der Waals surface area contributed by atoms with Crippen molar-refractivity contribution in [1.82, 2.24) is 25.1 Å². The number of aryl methyl sites for hydroxylation is 1. The first-order valence-corrected chi connectivity index (χ1v) is 11.4. The summed E-state index contributed by atoms with van der Waals surface area (Å²) in [6, 6.07) is 17.4. The number of piperidine rings is 1. The number of anilines is 2. The van der Waals surface area contributed by atoms with E-state index in [-0.39, 0.29) is 18.0 Å². The van der Waals surface area contributed by atoms with Crippen molar-refractivity contribution in [1.29, 1.82) is 0 Å². The third kappa shape index (κ3) is 5.70. The van der Waals surface area contributed by atoms with Gasteiger partial charge in [-0.15, -0.1) is 0 Å². The minimum Gasteiger partial charge on any atom is -0.338 e. The first kappa shape index (κ1) is 23.2. The van der Waals surface area contributed by atoms with E-state index >= 15 is 0 Å². The van der Waals surface area contributed by atoms with Crippen LogP contribution in [-0.4, -0.2) is 64.9 Å². The Labute approximate surface area is 200 Å². The third-order valence-electron chi connectivity index (χ3n) is 5.91. The first-order chi connectivity index (χ1) is 16.4. The fraction of sp³-hybridized carbons (Fsp3) is 0.308. The molecule has 0 radical (unpaired) electrons. The summed E-state index contributed by atoms with van der Waals surface area (Å²) in [7, 11) is 3.44. The van der Waals surface area contributed by atoms with Gasteiger partial charge in [0.2, 0.25) is 5.95 Å². The lowest BCUT2D eigenvalue weighted by Gasteiger charge is -2.33. The number of nitrogens with one attached hydrogen (secondary N) is 2. The van der Waals surface area contributed by atoms with Gasteiger partial charge in [0, 0.05) is 56.2 Å². The number of carbonyl (C=O) groups is 2. The number of benzene rings is 2. The van der Waals surface area contributed by atoms with Crippen molar-refractivity contribution in [2.24, 2.45) is 0 Å². The monoisotopic (exact) mass is 458 g/mol. The van der Waals surface area contributed by atoms with Crippen LogP contribution in [0.15, 0.2) is 60.8 Å². The number of hydrogen-bond donors (Lipinski definition) is 2. The van der Waals surface area contributed by atoms with Crippen LogP contribution >= 0.6 is 0 Å². The summed E-state index contributed by atoms with van der Waals surface area (Å²) in [4.78, 5) is 37.0. The molecule has 0 aliphatic carbocycles. The van der Waals surface area contributed by atoms with Crippen LogP contribution in [0.4, 0.5) is 16.4 Å². The summed E-state index contributed by atoms with van der Waals surface area (Å²) in [5, 5.41) is 6.21. The maximum Gasteiger partial charge on any atom is 0.317 e. The van der Waals surface area contributed by atoms with Crippen LogP contribution in [0.5, 0.6) is 0 Å². The van der Waals surface area contributed by atoms with E-state index in [1.165, 1.54) is 10.5 Å². The molecule has 0 saturated carbocycles. The van der Waals surface area contributed by atoms with Crippen molar-refractivity contribution in [3.05, 3.63) is 71.9 Å². The van der Waals surface area contributed by atoms with Gasteiger partial charge in [-0.1, -0.05) is 29.8 Å². The van der Waals surface area contributed by atoms with E-state index in [0.717, 1.165) is 29.8 Å². The molecule has 1 saturated heterocycles. The summed E-state index contributed by atoms with van der Waals surface area (Å²) in [5.74, 6) is 0.501. The number of rotatable bonds is 5. The van der Waals surface area contributed by atoms with Gasteiger partial charge in [0.05, 0.1) is 5.69 Å². The summed E-state index contributed by atoms with van der Waals surface area (Å²) < 4.78 is 0. The Morgan fingerprint density at radius 2 is 1.65 bits per heavy atom. The van der Waals surface area contributed by atoms with Crippen molar-refractivity contribution in [3.8, 4) is 11.3 Å². The molecule has 2 aromatic carbocycles. The standard InChI is InChI=1S/C26H30N6O2/c1-18-4-6-19(7-5-18)23-12-15-27-25(30-23)28-21-10-8-20(9-11-21)24(33)32-16-13-22(14-17-32)29-26(34)31(2)3/h4-12,15,22H,13-14,16-17H2,1-3H3,(H,29,34)(H,27,28,30). The van der Waals surface area contributed by atoms with E-state index in [4.69, 9.17) is 0 Å². The van der Waals surface area contributed by atoms with Gasteiger partial charge in [0.1, 0.15) is 0 Å². The molecule has 1 aliphatic heterocycles. The molecule has 0 spiro atoms. The molecule has 3 amide bonds. The lowest BCUT2D eigenvalue weighted by atomic mass is 10.0. The molecule has 2 heterocycles. The zero-order valence-corrected chi connectivity index (χ0v) is 19.8. The zero-order chi connectivity index (χ0) is 24.1. The summed E-state index contributed by atoms with van der Waals surface area (Å²) in [6.45, 7) is 3.30. The van der Waals surface area contributed by atoms with Crippen LogP contribution < -0.4 is 10.6 Å². The highest BCUT2D eigenvalue weighted by atomic mass is 16.2. The molecular weight excluding hydrogens is 428 g/mol. The topological polar surface area (TPSA) is 90.5 Å². The third-order valence-corrected chi connectivity index (χ3v) is 5.91. The molecule has 1 aromatic heterocycles. The van der Waals surface area contributed by atoms with Gasteiger partial charge in [-0.3, -0.25) is 4.79 Å². The van der Waals surface area contributed by atoms with Crippen molar-refractivity contribution in [2.75, 3.05) is 32.5 Å². The summed E-state index contributed by atoms with van der Waals surface area (Å²) in [5.41, 5.74) is 4.51. The quantitative estimate of drug-likeness (QED) is 0.602. The van der Waals surface area contributed by atoms with E-state index in [9.17, 15) is 9.59 Å². The Bertz CT molecular complexity index is 1140. The van der Waals surface area contributed by atoms with Gasteiger partial charge in [-0.05, 0) is 50.1 Å². The Morgan fingerprint density at radius 3 is 2.29 bits per heavy atom. The number of carbonyl (C=O) groups excluding carboxylic acids is 2. The second kappa shape index (κ2) is 10.3. The molecule has 3 aromatic rings. The molecule has 2 N–H and O–H groups in total. The molecule has 8 heteroatoms. The minimum absolute atomic E-state index is 0.00144. The molecule has 4 rings (SSSR count). The number of nitrogens with zero attached hydrogens (tertiary/aromatic N) is 4. The molecule has 8 nitrogen and oxygen atoms in total. The normalized spacial score (nSPS) is 13.9. The van der Waals surface area contributed by atoms with Crippen LogP contribution in [0.1, 0.15) is 28.8 Å². The van der Waals surface area contributed by atoms with Gasteiger partial charge < -0.3 is 20.4 Å². The zero-order valence-electron chi connectivity index (χ0n) is 19.8. The van der Waals surface area contributed by atoms with Gasteiger partial charge in [0.15, 0.2) is 0 Å². The van der Waals surface area contributed by atoms with Crippen molar-refractivity contribution in [2.45, 2.75) is 25.8 Å². The summed E-state index contributed by atoms with van der Waals surface area (Å²) >= 11 is 0. The smallest absolute Gasteiger partial charge is 0.317 e. The van der Waals surface area contributed by atoms with Gasteiger partial charge in [-0.2, -0.15) is 0 Å². The molecule has 1 fully saturated rings. The number of likely N-dealkylation sites (tertiary alicyclic amines) is 1. The maximum atomic E-state index is 12.9. The SMILES string of the molecule is Cc1ccc(-c2ccnc(Nc3ccc(C(=O)N4CCC(NC(=O)N(C)C)CC4)cc3)n2)cc1. The molecule has 1 aliphatic rings. The Morgan fingerprint density at radius 1 is 0.971 bits per heavy atom. The molecule has 176 valence electrons. The van der Waals surface area contributed by atoms with Crippen LogP contribution in [0.2, 0.25) is 0 Å². The highest BCUT2D eigenvalue weighted by Gasteiger charge is 2.25. The first-order valence-electron chi connectivity index (χ1n) is 11.4.